The van der Waals surface area contributed by atoms with Crippen LogP contribution in [0.15, 0.2) is 53.7 Å². The van der Waals surface area contributed by atoms with Crippen LogP contribution in [0.1, 0.15) is 16.7 Å². The Morgan fingerprint density at radius 1 is 1.16 bits per heavy atom. The van der Waals surface area contributed by atoms with Crippen molar-refractivity contribution in [2.75, 3.05) is 13.6 Å². The molecule has 0 saturated heterocycles. The molecule has 3 rings (SSSR count). The van der Waals surface area contributed by atoms with Crippen molar-refractivity contribution in [1.82, 2.24) is 15.6 Å². The molecule has 0 amide bonds. The number of halogens is 1. The highest BCUT2D eigenvalue weighted by Crippen LogP contribution is 2.21. The molecule has 4 nitrogen and oxygen atoms in total. The van der Waals surface area contributed by atoms with Crippen LogP contribution in [0.25, 0.3) is 10.9 Å². The third-order valence-electron chi connectivity index (χ3n) is 4.27. The Labute approximate surface area is 147 Å². The molecule has 130 valence electrons. The van der Waals surface area contributed by atoms with Gasteiger partial charge in [0.2, 0.25) is 0 Å². The van der Waals surface area contributed by atoms with Crippen molar-refractivity contribution in [3.63, 3.8) is 0 Å². The van der Waals surface area contributed by atoms with E-state index in [1.165, 1.54) is 34.2 Å². The molecule has 0 saturated carbocycles. The topological polar surface area (TPSA) is 52.2 Å². The van der Waals surface area contributed by atoms with E-state index in [2.05, 4.69) is 51.9 Å². The van der Waals surface area contributed by atoms with Gasteiger partial charge in [-0.15, -0.1) is 0 Å². The molecule has 0 aliphatic carbocycles. The van der Waals surface area contributed by atoms with Crippen molar-refractivity contribution >= 4 is 16.9 Å². The Balaban J connectivity index is 1.54. The molecular weight excluding hydrogens is 315 g/mol. The summed E-state index contributed by atoms with van der Waals surface area (Å²) in [6.07, 6.45) is 2.96. The fourth-order valence-corrected chi connectivity index (χ4v) is 2.94. The van der Waals surface area contributed by atoms with Crippen LogP contribution in [-0.2, 0) is 13.0 Å². The monoisotopic (exact) mass is 338 g/mol. The first kappa shape index (κ1) is 17.0. The summed E-state index contributed by atoms with van der Waals surface area (Å²) in [5.74, 6) is 0.483. The Morgan fingerprint density at radius 3 is 2.80 bits per heavy atom. The second-order valence-electron chi connectivity index (χ2n) is 6.04. The SMILES string of the molecule is CN=C(NCCc1c[nH]c2c(C)cccc12)NCc1cccc(F)c1. The number of nitrogens with one attached hydrogen (secondary N) is 3. The van der Waals surface area contributed by atoms with Crippen LogP contribution in [0.4, 0.5) is 4.39 Å². The fraction of sp³-hybridized carbons (Fsp3) is 0.250. The van der Waals surface area contributed by atoms with Crippen molar-refractivity contribution in [1.29, 1.82) is 0 Å². The lowest BCUT2D eigenvalue weighted by atomic mass is 10.1. The van der Waals surface area contributed by atoms with E-state index < -0.39 is 0 Å². The summed E-state index contributed by atoms with van der Waals surface area (Å²) in [6, 6.07) is 12.9. The summed E-state index contributed by atoms with van der Waals surface area (Å²) in [4.78, 5) is 7.57. The predicted molar refractivity (Wildman–Crippen MR) is 101 cm³/mol. The molecule has 1 aromatic heterocycles. The summed E-state index contributed by atoms with van der Waals surface area (Å²) in [6.45, 7) is 3.41. The number of aromatic amines is 1. The van der Waals surface area contributed by atoms with E-state index in [0.717, 1.165) is 18.5 Å². The Kier molecular flexibility index (Phi) is 5.33. The van der Waals surface area contributed by atoms with E-state index in [1.54, 1.807) is 13.1 Å². The molecular formula is C20H23FN4. The molecule has 0 radical (unpaired) electrons. The van der Waals surface area contributed by atoms with Crippen molar-refractivity contribution in [2.45, 2.75) is 19.9 Å². The lowest BCUT2D eigenvalue weighted by Gasteiger charge is -2.12. The van der Waals surface area contributed by atoms with Gasteiger partial charge in [-0.2, -0.15) is 0 Å². The van der Waals surface area contributed by atoms with Gasteiger partial charge in [0.25, 0.3) is 0 Å². The highest BCUT2D eigenvalue weighted by atomic mass is 19.1. The van der Waals surface area contributed by atoms with Gasteiger partial charge in [-0.3, -0.25) is 4.99 Å². The van der Waals surface area contributed by atoms with E-state index in [-0.39, 0.29) is 5.82 Å². The van der Waals surface area contributed by atoms with Crippen molar-refractivity contribution in [3.05, 3.63) is 71.2 Å². The van der Waals surface area contributed by atoms with Gasteiger partial charge < -0.3 is 15.6 Å². The third kappa shape index (κ3) is 4.18. The quantitative estimate of drug-likeness (QED) is 0.492. The number of hydrogen-bond donors (Lipinski definition) is 3. The summed E-state index contributed by atoms with van der Waals surface area (Å²) >= 11 is 0. The molecule has 5 heteroatoms. The van der Waals surface area contributed by atoms with E-state index >= 15 is 0 Å². The first-order valence-electron chi connectivity index (χ1n) is 8.42. The standard InChI is InChI=1S/C20H23FN4/c1-14-5-3-8-18-16(13-24-19(14)18)9-10-23-20(22-2)25-12-15-6-4-7-17(21)11-15/h3-8,11,13,24H,9-10,12H2,1-2H3,(H2,22,23,25). The van der Waals surface area contributed by atoms with Crippen LogP contribution >= 0.6 is 0 Å². The first-order chi connectivity index (χ1) is 12.2. The molecule has 25 heavy (non-hydrogen) atoms. The lowest BCUT2D eigenvalue weighted by Crippen LogP contribution is -2.37. The largest absolute Gasteiger partial charge is 0.361 e. The van der Waals surface area contributed by atoms with Crippen molar-refractivity contribution < 1.29 is 4.39 Å². The minimum atomic E-state index is -0.225. The maximum absolute atomic E-state index is 13.2. The van der Waals surface area contributed by atoms with Gasteiger partial charge in [0.05, 0.1) is 0 Å². The zero-order chi connectivity index (χ0) is 17.6. The second kappa shape index (κ2) is 7.83. The van der Waals surface area contributed by atoms with Crippen molar-refractivity contribution in [3.8, 4) is 0 Å². The minimum Gasteiger partial charge on any atom is -0.361 e. The van der Waals surface area contributed by atoms with Crippen LogP contribution in [0, 0.1) is 12.7 Å². The number of aryl methyl sites for hydroxylation is 1. The van der Waals surface area contributed by atoms with Crippen LogP contribution < -0.4 is 10.6 Å². The third-order valence-corrected chi connectivity index (χ3v) is 4.27. The van der Waals surface area contributed by atoms with Gasteiger partial charge in [0, 0.05) is 37.2 Å². The Hall–Kier alpha value is -2.82. The lowest BCUT2D eigenvalue weighted by molar-refractivity contribution is 0.624. The molecule has 2 aromatic carbocycles. The van der Waals surface area contributed by atoms with E-state index in [9.17, 15) is 4.39 Å². The first-order valence-corrected chi connectivity index (χ1v) is 8.42. The maximum atomic E-state index is 13.2. The number of H-pyrrole nitrogens is 1. The van der Waals surface area contributed by atoms with E-state index in [1.807, 2.05) is 6.07 Å². The molecule has 0 unspecified atom stereocenters. The molecule has 1 heterocycles. The summed E-state index contributed by atoms with van der Waals surface area (Å²) in [7, 11) is 1.73. The Morgan fingerprint density at radius 2 is 2.00 bits per heavy atom. The van der Waals surface area contributed by atoms with Gasteiger partial charge in [-0.25, -0.2) is 4.39 Å². The molecule has 0 aliphatic heterocycles. The second-order valence-corrected chi connectivity index (χ2v) is 6.04. The predicted octanol–water partition coefficient (Wildman–Crippen LogP) is 3.52. The average Bonchev–Trinajstić information content (AvgIpc) is 3.02. The number of para-hydroxylation sites is 1. The smallest absolute Gasteiger partial charge is 0.191 e. The van der Waals surface area contributed by atoms with Gasteiger partial charge in [-0.1, -0.05) is 30.3 Å². The Bertz CT molecular complexity index is 882. The molecule has 0 aliphatic rings. The zero-order valence-corrected chi connectivity index (χ0v) is 14.6. The van der Waals surface area contributed by atoms with Crippen molar-refractivity contribution in [2.24, 2.45) is 4.99 Å². The molecule has 0 spiro atoms. The maximum Gasteiger partial charge on any atom is 0.191 e. The molecule has 0 fully saturated rings. The van der Waals surface area contributed by atoms with E-state index in [0.29, 0.717) is 12.5 Å². The fourth-order valence-electron chi connectivity index (χ4n) is 2.94. The molecule has 0 bridgehead atoms. The summed E-state index contributed by atoms with van der Waals surface area (Å²) < 4.78 is 13.2. The molecule has 3 aromatic rings. The van der Waals surface area contributed by atoms with Crippen LogP contribution in [0.3, 0.4) is 0 Å². The van der Waals surface area contributed by atoms with Gasteiger partial charge in [0.15, 0.2) is 5.96 Å². The summed E-state index contributed by atoms with van der Waals surface area (Å²) in [5, 5.41) is 7.77. The number of aliphatic imine (C=N–C) groups is 1. The van der Waals surface area contributed by atoms with Gasteiger partial charge in [-0.05, 0) is 42.2 Å². The number of guanidine groups is 1. The number of rotatable bonds is 5. The van der Waals surface area contributed by atoms with E-state index in [4.69, 9.17) is 0 Å². The molecule has 3 N–H and O–H groups in total. The minimum absolute atomic E-state index is 0.225. The number of fused-ring (bicyclic) bond motifs is 1. The highest BCUT2D eigenvalue weighted by molar-refractivity contribution is 5.86. The number of aromatic nitrogens is 1. The normalized spacial score (nSPS) is 11.7. The zero-order valence-electron chi connectivity index (χ0n) is 14.6. The number of hydrogen-bond acceptors (Lipinski definition) is 1. The van der Waals surface area contributed by atoms with Crippen LogP contribution in [-0.4, -0.2) is 24.5 Å². The number of nitrogens with zero attached hydrogens (tertiary/aromatic N) is 1. The number of benzene rings is 2. The summed E-state index contributed by atoms with van der Waals surface area (Å²) in [5.41, 5.74) is 4.62. The average molecular weight is 338 g/mol. The van der Waals surface area contributed by atoms with Crippen LogP contribution in [0.2, 0.25) is 0 Å². The van der Waals surface area contributed by atoms with Crippen LogP contribution in [0.5, 0.6) is 0 Å². The van der Waals surface area contributed by atoms with Gasteiger partial charge >= 0.3 is 0 Å². The highest BCUT2D eigenvalue weighted by Gasteiger charge is 2.05. The van der Waals surface area contributed by atoms with Gasteiger partial charge in [0.1, 0.15) is 5.82 Å². The molecule has 0 atom stereocenters.